The van der Waals surface area contributed by atoms with Crippen LogP contribution in [0.2, 0.25) is 0 Å². The van der Waals surface area contributed by atoms with Crippen LogP contribution in [0.25, 0.3) is 0 Å². The molecule has 0 spiro atoms. The van der Waals surface area contributed by atoms with Gasteiger partial charge in [-0.15, -0.1) is 0 Å². The maximum atomic E-state index is 12.7. The molecule has 7 nitrogen and oxygen atoms in total. The van der Waals surface area contributed by atoms with Crippen molar-refractivity contribution in [1.82, 2.24) is 19.9 Å². The van der Waals surface area contributed by atoms with Gasteiger partial charge in [0, 0.05) is 56.3 Å². The molecule has 0 aromatic carbocycles. The summed E-state index contributed by atoms with van der Waals surface area (Å²) in [6.45, 7) is 1.31. The van der Waals surface area contributed by atoms with Gasteiger partial charge in [0.15, 0.2) is 0 Å². The van der Waals surface area contributed by atoms with Crippen molar-refractivity contribution >= 4 is 17.7 Å². The second-order valence-corrected chi connectivity index (χ2v) is 7.79. The van der Waals surface area contributed by atoms with Crippen LogP contribution >= 0.6 is 11.8 Å². The van der Waals surface area contributed by atoms with E-state index in [1.807, 2.05) is 16.7 Å². The summed E-state index contributed by atoms with van der Waals surface area (Å²) >= 11 is 1.90. The van der Waals surface area contributed by atoms with Crippen molar-refractivity contribution in [2.24, 2.45) is 0 Å². The summed E-state index contributed by atoms with van der Waals surface area (Å²) in [5, 5.41) is 0. The first-order valence-electron chi connectivity index (χ1n) is 9.20. The van der Waals surface area contributed by atoms with Gasteiger partial charge in [0.25, 0.3) is 5.91 Å². The fraction of sp³-hybridized carbons (Fsp3) is 0.474. The summed E-state index contributed by atoms with van der Waals surface area (Å²) < 4.78 is 11.7. The maximum absolute atomic E-state index is 12.7. The number of pyridine rings is 1. The van der Waals surface area contributed by atoms with Crippen molar-refractivity contribution in [3.8, 4) is 11.8 Å². The molecule has 2 aliphatic heterocycles. The molecule has 0 radical (unpaired) electrons. The molecule has 0 unspecified atom stereocenters. The number of hydrogen-bond acceptors (Lipinski definition) is 7. The highest BCUT2D eigenvalue weighted by Crippen LogP contribution is 2.23. The number of thioether (sulfide) groups is 1. The number of ether oxygens (including phenoxy) is 2. The summed E-state index contributed by atoms with van der Waals surface area (Å²) in [6, 6.07) is 3.59. The summed E-state index contributed by atoms with van der Waals surface area (Å²) in [4.78, 5) is 27.0. The SMILES string of the molecule is O=C(c1ccc(O[C@H]2CCSC2)nc1)N1CCC(Oc2cnccn2)CC1. The largest absolute Gasteiger partial charge is 0.473 e. The molecule has 1 atom stereocenters. The van der Waals surface area contributed by atoms with E-state index in [1.54, 1.807) is 36.9 Å². The Morgan fingerprint density at radius 1 is 1.00 bits per heavy atom. The molecule has 1 amide bonds. The highest BCUT2D eigenvalue weighted by atomic mass is 32.2. The summed E-state index contributed by atoms with van der Waals surface area (Å²) in [6.07, 6.45) is 9.34. The van der Waals surface area contributed by atoms with Crippen LogP contribution in [-0.2, 0) is 0 Å². The van der Waals surface area contributed by atoms with Gasteiger partial charge in [-0.1, -0.05) is 0 Å². The highest BCUT2D eigenvalue weighted by Gasteiger charge is 2.25. The highest BCUT2D eigenvalue weighted by molar-refractivity contribution is 7.99. The molecule has 8 heteroatoms. The van der Waals surface area contributed by atoms with E-state index in [0.717, 1.165) is 30.8 Å². The molecule has 0 bridgehead atoms. The van der Waals surface area contributed by atoms with E-state index in [4.69, 9.17) is 9.47 Å². The number of carbonyl (C=O) groups excluding carboxylic acids is 1. The van der Waals surface area contributed by atoms with Gasteiger partial charge in [0.1, 0.15) is 12.2 Å². The van der Waals surface area contributed by atoms with E-state index in [2.05, 4.69) is 15.0 Å². The molecule has 0 saturated carbocycles. The van der Waals surface area contributed by atoms with Gasteiger partial charge in [-0.2, -0.15) is 11.8 Å². The zero-order valence-electron chi connectivity index (χ0n) is 15.0. The number of carbonyl (C=O) groups is 1. The van der Waals surface area contributed by atoms with E-state index in [1.165, 1.54) is 0 Å². The Morgan fingerprint density at radius 3 is 2.52 bits per heavy atom. The number of likely N-dealkylation sites (tertiary alicyclic amines) is 1. The van der Waals surface area contributed by atoms with Crippen molar-refractivity contribution in [3.05, 3.63) is 42.5 Å². The minimum atomic E-state index is 0.00317. The van der Waals surface area contributed by atoms with Crippen LogP contribution in [0.1, 0.15) is 29.6 Å². The molecule has 0 aliphatic carbocycles. The molecule has 4 rings (SSSR count). The maximum Gasteiger partial charge on any atom is 0.255 e. The Bertz CT molecular complexity index is 745. The second-order valence-electron chi connectivity index (χ2n) is 6.64. The van der Waals surface area contributed by atoms with Crippen molar-refractivity contribution in [1.29, 1.82) is 0 Å². The average Bonchev–Trinajstić information content (AvgIpc) is 3.22. The summed E-state index contributed by atoms with van der Waals surface area (Å²) in [5.74, 6) is 3.27. The van der Waals surface area contributed by atoms with Crippen molar-refractivity contribution in [3.63, 3.8) is 0 Å². The molecule has 27 heavy (non-hydrogen) atoms. The van der Waals surface area contributed by atoms with Crippen molar-refractivity contribution in [2.45, 2.75) is 31.5 Å². The predicted molar refractivity (Wildman–Crippen MR) is 102 cm³/mol. The van der Waals surface area contributed by atoms with Crippen LogP contribution in [0.15, 0.2) is 36.9 Å². The standard InChI is InChI=1S/C19H22N4O3S/c24-19(14-1-2-17(22-11-14)26-16-5-10-27-13-16)23-8-3-15(4-9-23)25-18-12-20-6-7-21-18/h1-2,6-7,11-12,15-16H,3-5,8-10,13H2/t16-/m0/s1. The number of aromatic nitrogens is 3. The monoisotopic (exact) mass is 386 g/mol. The van der Waals surface area contributed by atoms with Gasteiger partial charge in [-0.3, -0.25) is 9.78 Å². The summed E-state index contributed by atoms with van der Waals surface area (Å²) in [5.41, 5.74) is 0.594. The molecule has 2 saturated heterocycles. The second kappa shape index (κ2) is 8.56. The minimum Gasteiger partial charge on any atom is -0.473 e. The molecule has 0 N–H and O–H groups in total. The van der Waals surface area contributed by atoms with Gasteiger partial charge in [-0.25, -0.2) is 9.97 Å². The Hall–Kier alpha value is -2.35. The van der Waals surface area contributed by atoms with E-state index in [9.17, 15) is 4.79 Å². The lowest BCUT2D eigenvalue weighted by atomic mass is 10.1. The molecule has 142 valence electrons. The van der Waals surface area contributed by atoms with Gasteiger partial charge in [0.05, 0.1) is 11.8 Å². The molecule has 2 fully saturated rings. The van der Waals surface area contributed by atoms with Gasteiger partial charge < -0.3 is 14.4 Å². The fourth-order valence-electron chi connectivity index (χ4n) is 3.23. The predicted octanol–water partition coefficient (Wildman–Crippen LogP) is 2.44. The van der Waals surface area contributed by atoms with Crippen molar-refractivity contribution < 1.29 is 14.3 Å². The third-order valence-electron chi connectivity index (χ3n) is 4.71. The van der Waals surface area contributed by atoms with Gasteiger partial charge >= 0.3 is 0 Å². The van der Waals surface area contributed by atoms with E-state index >= 15 is 0 Å². The van der Waals surface area contributed by atoms with Crippen LogP contribution in [0.4, 0.5) is 0 Å². The number of rotatable bonds is 5. The quantitative estimate of drug-likeness (QED) is 0.781. The third kappa shape index (κ3) is 4.68. The summed E-state index contributed by atoms with van der Waals surface area (Å²) in [7, 11) is 0. The topological polar surface area (TPSA) is 77.4 Å². The van der Waals surface area contributed by atoms with Crippen molar-refractivity contribution in [2.75, 3.05) is 24.6 Å². The fourth-order valence-corrected chi connectivity index (χ4v) is 4.32. The van der Waals surface area contributed by atoms with E-state index in [0.29, 0.717) is 30.4 Å². The van der Waals surface area contributed by atoms with Crippen LogP contribution < -0.4 is 9.47 Å². The smallest absolute Gasteiger partial charge is 0.255 e. The Morgan fingerprint density at radius 2 is 1.85 bits per heavy atom. The first-order valence-corrected chi connectivity index (χ1v) is 10.4. The Labute approximate surface area is 162 Å². The van der Waals surface area contributed by atoms with E-state index < -0.39 is 0 Å². The average molecular weight is 386 g/mol. The first kappa shape index (κ1) is 18.0. The third-order valence-corrected chi connectivity index (χ3v) is 5.85. The number of piperidine rings is 1. The molecular weight excluding hydrogens is 364 g/mol. The lowest BCUT2D eigenvalue weighted by Gasteiger charge is -2.31. The molecular formula is C19H22N4O3S. The number of nitrogens with zero attached hydrogens (tertiary/aromatic N) is 4. The van der Waals surface area contributed by atoms with Crippen LogP contribution in [0.3, 0.4) is 0 Å². The Kier molecular flexibility index (Phi) is 5.72. The Balaban J connectivity index is 1.28. The number of amides is 1. The van der Waals surface area contributed by atoms with Crippen LogP contribution in [-0.4, -0.2) is 62.6 Å². The number of hydrogen-bond donors (Lipinski definition) is 0. The lowest BCUT2D eigenvalue weighted by molar-refractivity contribution is 0.0586. The molecule has 2 aliphatic rings. The zero-order valence-corrected chi connectivity index (χ0v) is 15.8. The minimum absolute atomic E-state index is 0.00317. The lowest BCUT2D eigenvalue weighted by Crippen LogP contribution is -2.41. The molecule has 4 heterocycles. The van der Waals surface area contributed by atoms with Crippen LogP contribution in [0, 0.1) is 0 Å². The van der Waals surface area contributed by atoms with Gasteiger partial charge in [-0.05, 0) is 18.2 Å². The van der Waals surface area contributed by atoms with Gasteiger partial charge in [0.2, 0.25) is 11.8 Å². The zero-order chi connectivity index (χ0) is 18.5. The van der Waals surface area contributed by atoms with Crippen LogP contribution in [0.5, 0.6) is 11.8 Å². The molecule has 2 aromatic rings. The van der Waals surface area contributed by atoms with E-state index in [-0.39, 0.29) is 18.1 Å². The normalized spacial score (nSPS) is 20.4. The first-order chi connectivity index (χ1) is 13.3. The molecule has 2 aromatic heterocycles.